The second kappa shape index (κ2) is 12.9. The molecule has 0 bridgehead atoms. The summed E-state index contributed by atoms with van der Waals surface area (Å²) in [5, 5.41) is 0. The maximum Gasteiger partial charge on any atom is 0.227 e. The second-order valence-corrected chi connectivity index (χ2v) is 10.4. The predicted octanol–water partition coefficient (Wildman–Crippen LogP) is 7.41. The van der Waals surface area contributed by atoms with Crippen LogP contribution in [0.5, 0.6) is 11.5 Å². The number of aromatic nitrogens is 2. The van der Waals surface area contributed by atoms with E-state index in [2.05, 4.69) is 41.8 Å². The van der Waals surface area contributed by atoms with Gasteiger partial charge in [0.25, 0.3) is 0 Å². The zero-order valence-electron chi connectivity index (χ0n) is 23.8. The van der Waals surface area contributed by atoms with E-state index in [1.165, 1.54) is 18.4 Å². The molecular weight excluding hydrogens is 498 g/mol. The van der Waals surface area contributed by atoms with Crippen LogP contribution in [-0.2, 0) is 17.8 Å². The molecule has 4 aromatic rings. The molecule has 6 heteroatoms. The number of aryl methyl sites for hydroxylation is 2. The summed E-state index contributed by atoms with van der Waals surface area (Å²) < 4.78 is 13.9. The Morgan fingerprint density at radius 2 is 1.85 bits per heavy atom. The molecule has 6 nitrogen and oxygen atoms in total. The molecule has 3 aromatic carbocycles. The van der Waals surface area contributed by atoms with Crippen molar-refractivity contribution >= 4 is 28.7 Å². The lowest BCUT2D eigenvalue weighted by Gasteiger charge is -2.18. The first-order valence-corrected chi connectivity index (χ1v) is 14.4. The topological polar surface area (TPSA) is 56.6 Å². The van der Waals surface area contributed by atoms with Crippen molar-refractivity contribution in [2.24, 2.45) is 0 Å². The number of hydrogen-bond acceptors (Lipinski definition) is 4. The fourth-order valence-electron chi connectivity index (χ4n) is 5.50. The molecule has 5 rings (SSSR count). The van der Waals surface area contributed by atoms with Crippen LogP contribution in [0.2, 0.25) is 0 Å². The number of anilines is 1. The van der Waals surface area contributed by atoms with Crippen molar-refractivity contribution < 1.29 is 14.3 Å². The van der Waals surface area contributed by atoms with E-state index in [0.717, 1.165) is 59.0 Å². The molecule has 208 valence electrons. The van der Waals surface area contributed by atoms with Gasteiger partial charge in [-0.05, 0) is 73.7 Å². The Kier molecular flexibility index (Phi) is 8.84. The third-order valence-corrected chi connectivity index (χ3v) is 7.57. The fraction of sp³-hybridized carbons (Fsp3) is 0.353. The van der Waals surface area contributed by atoms with E-state index < -0.39 is 0 Å². The molecule has 0 saturated carbocycles. The summed E-state index contributed by atoms with van der Waals surface area (Å²) in [5.41, 5.74) is 5.43. The first-order chi connectivity index (χ1) is 19.6. The van der Waals surface area contributed by atoms with Gasteiger partial charge in [0.1, 0.15) is 5.82 Å². The van der Waals surface area contributed by atoms with E-state index in [9.17, 15) is 4.79 Å². The maximum atomic E-state index is 13.1. The highest BCUT2D eigenvalue weighted by atomic mass is 16.5. The Morgan fingerprint density at radius 3 is 2.62 bits per heavy atom. The van der Waals surface area contributed by atoms with Crippen LogP contribution in [0.4, 0.5) is 5.69 Å². The molecule has 0 aliphatic carbocycles. The van der Waals surface area contributed by atoms with Crippen molar-refractivity contribution in [2.75, 3.05) is 25.2 Å². The highest BCUT2D eigenvalue weighted by Crippen LogP contribution is 2.34. The van der Waals surface area contributed by atoms with Crippen LogP contribution >= 0.6 is 0 Å². The number of carbonyl (C=O) groups excluding carboxylic acids is 1. The Bertz CT molecular complexity index is 1470. The molecule has 0 spiro atoms. The normalized spacial score (nSPS) is 15.4. The Morgan fingerprint density at radius 1 is 1.02 bits per heavy atom. The van der Waals surface area contributed by atoms with E-state index in [0.29, 0.717) is 19.6 Å². The maximum absolute atomic E-state index is 13.1. The van der Waals surface area contributed by atoms with Crippen LogP contribution in [0, 0.1) is 0 Å². The highest BCUT2D eigenvalue weighted by molar-refractivity contribution is 5.96. The van der Waals surface area contributed by atoms with Gasteiger partial charge in [0, 0.05) is 31.1 Å². The number of allylic oxidation sites excluding steroid dienone is 1. The van der Waals surface area contributed by atoms with Crippen molar-refractivity contribution in [1.82, 2.24) is 9.55 Å². The number of amides is 1. The SMILES string of the molecule is C/C=C/c1ccc(OCCCn2c(C3CC(=O)N(c4ccc(CCCC)cc4)C3)nc3ccccc32)c(OC)c1. The molecular formula is C34H39N3O3. The lowest BCUT2D eigenvalue weighted by Crippen LogP contribution is -2.24. The molecule has 1 aliphatic heterocycles. The third kappa shape index (κ3) is 6.06. The Labute approximate surface area is 237 Å². The second-order valence-electron chi connectivity index (χ2n) is 10.4. The average molecular weight is 538 g/mol. The Hall–Kier alpha value is -4.06. The minimum atomic E-state index is 0.0415. The number of para-hydroxylation sites is 2. The molecule has 1 amide bonds. The van der Waals surface area contributed by atoms with Crippen LogP contribution in [0.3, 0.4) is 0 Å². The summed E-state index contributed by atoms with van der Waals surface area (Å²) in [6.07, 6.45) is 8.75. The van der Waals surface area contributed by atoms with Crippen molar-refractivity contribution in [1.29, 1.82) is 0 Å². The Balaban J connectivity index is 1.29. The molecule has 1 aromatic heterocycles. The number of hydrogen-bond donors (Lipinski definition) is 0. The summed E-state index contributed by atoms with van der Waals surface area (Å²) >= 11 is 0. The van der Waals surface area contributed by atoms with Gasteiger partial charge in [-0.15, -0.1) is 0 Å². The molecule has 0 N–H and O–H groups in total. The molecule has 40 heavy (non-hydrogen) atoms. The largest absolute Gasteiger partial charge is 0.493 e. The van der Waals surface area contributed by atoms with Gasteiger partial charge in [-0.3, -0.25) is 4.79 Å². The number of nitrogens with zero attached hydrogens (tertiary/aromatic N) is 3. The number of carbonyl (C=O) groups is 1. The van der Waals surface area contributed by atoms with Gasteiger partial charge in [-0.1, -0.05) is 55.8 Å². The number of fused-ring (bicyclic) bond motifs is 1. The molecule has 1 unspecified atom stereocenters. The number of methoxy groups -OCH3 is 1. The van der Waals surface area contributed by atoms with Crippen LogP contribution in [0.25, 0.3) is 17.1 Å². The fourth-order valence-corrected chi connectivity index (χ4v) is 5.50. The predicted molar refractivity (Wildman–Crippen MR) is 162 cm³/mol. The highest BCUT2D eigenvalue weighted by Gasteiger charge is 2.34. The number of unbranched alkanes of at least 4 members (excludes halogenated alkanes) is 1. The first-order valence-electron chi connectivity index (χ1n) is 14.4. The summed E-state index contributed by atoms with van der Waals surface area (Å²) in [4.78, 5) is 20.1. The molecule has 1 aliphatic rings. The van der Waals surface area contributed by atoms with Crippen molar-refractivity contribution in [3.8, 4) is 11.5 Å². The standard InChI is InChI=1S/C34H39N3O3/c1-4-6-11-25-14-17-28(18-15-25)37-24-27(23-33(37)38)34-35-29-12-7-8-13-30(29)36(34)20-9-21-40-31-19-16-26(10-5-2)22-32(31)39-3/h5,7-8,10,12-19,22,27H,4,6,9,11,20-21,23-24H2,1-3H3/b10-5+. The van der Waals surface area contributed by atoms with E-state index >= 15 is 0 Å². The number of rotatable bonds is 12. The van der Waals surface area contributed by atoms with Crippen molar-refractivity contribution in [3.63, 3.8) is 0 Å². The summed E-state index contributed by atoms with van der Waals surface area (Å²) in [6, 6.07) is 22.7. The minimum Gasteiger partial charge on any atom is -0.493 e. The van der Waals surface area contributed by atoms with Gasteiger partial charge in [-0.25, -0.2) is 4.98 Å². The number of benzene rings is 3. The summed E-state index contributed by atoms with van der Waals surface area (Å²) in [6.45, 7) is 6.15. The van der Waals surface area contributed by atoms with E-state index in [1.54, 1.807) is 7.11 Å². The van der Waals surface area contributed by atoms with Crippen molar-refractivity contribution in [2.45, 2.75) is 58.4 Å². The smallest absolute Gasteiger partial charge is 0.227 e. The quantitative estimate of drug-likeness (QED) is 0.177. The van der Waals surface area contributed by atoms with Gasteiger partial charge in [0.2, 0.25) is 5.91 Å². The zero-order valence-corrected chi connectivity index (χ0v) is 23.8. The van der Waals surface area contributed by atoms with E-state index in [4.69, 9.17) is 14.5 Å². The molecule has 2 heterocycles. The molecule has 1 saturated heterocycles. The number of imidazole rings is 1. The molecule has 1 atom stereocenters. The van der Waals surface area contributed by atoms with Crippen LogP contribution < -0.4 is 14.4 Å². The summed E-state index contributed by atoms with van der Waals surface area (Å²) in [7, 11) is 1.67. The van der Waals surface area contributed by atoms with Gasteiger partial charge in [0.15, 0.2) is 11.5 Å². The van der Waals surface area contributed by atoms with Gasteiger partial charge >= 0.3 is 0 Å². The van der Waals surface area contributed by atoms with Crippen LogP contribution in [-0.4, -0.2) is 35.7 Å². The molecule has 0 radical (unpaired) electrons. The van der Waals surface area contributed by atoms with Crippen LogP contribution in [0.15, 0.2) is 72.8 Å². The lowest BCUT2D eigenvalue weighted by atomic mass is 10.1. The van der Waals surface area contributed by atoms with Crippen LogP contribution in [0.1, 0.15) is 62.4 Å². The molecule has 1 fully saturated rings. The minimum absolute atomic E-state index is 0.0415. The number of ether oxygens (including phenoxy) is 2. The van der Waals surface area contributed by atoms with Gasteiger partial charge < -0.3 is 18.9 Å². The zero-order chi connectivity index (χ0) is 27.9. The van der Waals surface area contributed by atoms with Gasteiger partial charge in [-0.2, -0.15) is 0 Å². The lowest BCUT2D eigenvalue weighted by molar-refractivity contribution is -0.117. The van der Waals surface area contributed by atoms with Gasteiger partial charge in [0.05, 0.1) is 24.8 Å². The average Bonchev–Trinajstić information content (AvgIpc) is 3.55. The van der Waals surface area contributed by atoms with E-state index in [1.807, 2.05) is 60.4 Å². The monoisotopic (exact) mass is 537 g/mol. The van der Waals surface area contributed by atoms with Crippen molar-refractivity contribution in [3.05, 3.63) is 89.8 Å². The summed E-state index contributed by atoms with van der Waals surface area (Å²) in [5.74, 6) is 2.64. The first kappa shape index (κ1) is 27.5. The third-order valence-electron chi connectivity index (χ3n) is 7.57. The van der Waals surface area contributed by atoms with E-state index in [-0.39, 0.29) is 11.8 Å².